The van der Waals surface area contributed by atoms with Crippen molar-refractivity contribution in [1.82, 2.24) is 9.78 Å². The van der Waals surface area contributed by atoms with Crippen molar-refractivity contribution in [2.75, 3.05) is 29.6 Å². The maximum atomic E-state index is 13.0. The summed E-state index contributed by atoms with van der Waals surface area (Å²) in [6.07, 6.45) is 1.52. The summed E-state index contributed by atoms with van der Waals surface area (Å²) >= 11 is 7.26. The second-order valence-corrected chi connectivity index (χ2v) is 8.35. The molecule has 0 bridgehead atoms. The number of carbonyl (C=O) groups excluding carboxylic acids is 2. The van der Waals surface area contributed by atoms with Gasteiger partial charge in [-0.15, -0.1) is 11.8 Å². The number of aromatic nitrogens is 2. The van der Waals surface area contributed by atoms with Crippen molar-refractivity contribution in [2.45, 2.75) is 25.3 Å². The summed E-state index contributed by atoms with van der Waals surface area (Å²) in [5.74, 6) is 0.303. The number of hydrogen-bond acceptors (Lipinski definition) is 6. The molecule has 2 heterocycles. The average Bonchev–Trinajstić information content (AvgIpc) is 2.66. The van der Waals surface area contributed by atoms with Crippen molar-refractivity contribution in [3.63, 3.8) is 0 Å². The highest BCUT2D eigenvalue weighted by molar-refractivity contribution is 8.00. The first-order valence-electron chi connectivity index (χ1n) is 8.96. The summed E-state index contributed by atoms with van der Waals surface area (Å²) in [4.78, 5) is 40.0. The Morgan fingerprint density at radius 3 is 2.83 bits per heavy atom. The zero-order chi connectivity index (χ0) is 21.1. The van der Waals surface area contributed by atoms with Crippen molar-refractivity contribution in [2.24, 2.45) is 5.92 Å². The number of hydrogen-bond donors (Lipinski definition) is 1. The van der Waals surface area contributed by atoms with Crippen LogP contribution in [-0.4, -0.2) is 41.0 Å². The molecule has 2 amide bonds. The van der Waals surface area contributed by atoms with Gasteiger partial charge in [-0.2, -0.15) is 5.10 Å². The molecule has 10 heteroatoms. The summed E-state index contributed by atoms with van der Waals surface area (Å²) in [7, 11) is 1.48. The lowest BCUT2D eigenvalue weighted by Gasteiger charge is -2.29. The van der Waals surface area contributed by atoms with Crippen LogP contribution in [0.2, 0.25) is 5.02 Å². The van der Waals surface area contributed by atoms with E-state index in [1.165, 1.54) is 30.0 Å². The molecule has 0 saturated heterocycles. The molecule has 29 heavy (non-hydrogen) atoms. The zero-order valence-electron chi connectivity index (χ0n) is 16.3. The van der Waals surface area contributed by atoms with Gasteiger partial charge in [0, 0.05) is 11.6 Å². The molecule has 1 aliphatic rings. The van der Waals surface area contributed by atoms with Crippen LogP contribution < -0.4 is 20.5 Å². The fraction of sp³-hybridized carbons (Fsp3) is 0.368. The Morgan fingerprint density at radius 2 is 2.14 bits per heavy atom. The molecular weight excluding hydrogens is 416 g/mol. The van der Waals surface area contributed by atoms with Gasteiger partial charge in [0.1, 0.15) is 18.0 Å². The van der Waals surface area contributed by atoms with Crippen LogP contribution in [0, 0.1) is 5.92 Å². The van der Waals surface area contributed by atoms with Crippen molar-refractivity contribution < 1.29 is 14.3 Å². The first-order valence-corrected chi connectivity index (χ1v) is 10.3. The van der Waals surface area contributed by atoms with E-state index in [1.807, 2.05) is 13.8 Å². The number of halogens is 1. The van der Waals surface area contributed by atoms with Gasteiger partial charge >= 0.3 is 0 Å². The second kappa shape index (κ2) is 8.87. The molecule has 3 rings (SSSR count). The van der Waals surface area contributed by atoms with Crippen molar-refractivity contribution in [1.29, 1.82) is 0 Å². The lowest BCUT2D eigenvalue weighted by atomic mass is 10.2. The molecule has 0 fully saturated rings. The van der Waals surface area contributed by atoms with E-state index in [9.17, 15) is 14.4 Å². The van der Waals surface area contributed by atoms with Crippen LogP contribution in [0.15, 0.2) is 34.1 Å². The molecule has 0 saturated carbocycles. The molecule has 1 aromatic carbocycles. The molecule has 154 valence electrons. The number of fused-ring (bicyclic) bond motifs is 1. The van der Waals surface area contributed by atoms with Crippen LogP contribution >= 0.6 is 23.4 Å². The number of amides is 2. The number of thioether (sulfide) groups is 1. The Bertz CT molecular complexity index is 1010. The smallest absolute Gasteiger partial charge is 0.292 e. The third kappa shape index (κ3) is 4.73. The minimum absolute atomic E-state index is 0.126. The van der Waals surface area contributed by atoms with Gasteiger partial charge in [-0.3, -0.25) is 14.4 Å². The number of rotatable bonds is 6. The Kier molecular flexibility index (Phi) is 6.49. The van der Waals surface area contributed by atoms with Crippen LogP contribution in [0.4, 0.5) is 11.4 Å². The maximum absolute atomic E-state index is 13.0. The van der Waals surface area contributed by atoms with Crippen LogP contribution in [-0.2, 0) is 16.1 Å². The van der Waals surface area contributed by atoms with Gasteiger partial charge in [0.25, 0.3) is 5.56 Å². The zero-order valence-corrected chi connectivity index (χ0v) is 17.8. The van der Waals surface area contributed by atoms with Crippen molar-refractivity contribution in [3.05, 3.63) is 39.8 Å². The fourth-order valence-electron chi connectivity index (χ4n) is 2.93. The molecule has 0 aliphatic carbocycles. The number of benzene rings is 1. The quantitative estimate of drug-likeness (QED) is 0.748. The van der Waals surface area contributed by atoms with Gasteiger partial charge in [0.05, 0.1) is 29.6 Å². The summed E-state index contributed by atoms with van der Waals surface area (Å²) in [6, 6.07) is 4.83. The number of carbonyl (C=O) groups is 2. The first kappa shape index (κ1) is 21.2. The number of ether oxygens (including phenoxy) is 1. The highest BCUT2D eigenvalue weighted by Gasteiger charge is 2.29. The van der Waals surface area contributed by atoms with Crippen LogP contribution in [0.1, 0.15) is 13.8 Å². The standard InChI is InChI=1S/C19H21ClN4O4S/c1-11(2)8-23-17(26)10-29-15-7-21-24(19(27)18(15)23)9-16(25)22-13-6-12(20)4-5-14(13)28-3/h4-7,11H,8-10H2,1-3H3,(H,22,25). The Balaban J connectivity index is 1.87. The predicted octanol–water partition coefficient (Wildman–Crippen LogP) is 2.64. The molecule has 2 aromatic rings. The van der Waals surface area contributed by atoms with Gasteiger partial charge in [0.2, 0.25) is 11.8 Å². The van der Waals surface area contributed by atoms with E-state index in [2.05, 4.69) is 10.4 Å². The van der Waals surface area contributed by atoms with E-state index in [0.29, 0.717) is 27.9 Å². The Hall–Kier alpha value is -2.52. The van der Waals surface area contributed by atoms with E-state index in [0.717, 1.165) is 4.68 Å². The normalized spacial score (nSPS) is 13.4. The van der Waals surface area contributed by atoms with Gasteiger partial charge in [-0.05, 0) is 24.1 Å². The number of nitrogens with zero attached hydrogens (tertiary/aromatic N) is 3. The van der Waals surface area contributed by atoms with Crippen LogP contribution in [0.5, 0.6) is 5.75 Å². The largest absolute Gasteiger partial charge is 0.495 e. The lowest BCUT2D eigenvalue weighted by molar-refractivity contribution is -0.117. The van der Waals surface area contributed by atoms with E-state index < -0.39 is 11.5 Å². The van der Waals surface area contributed by atoms with E-state index >= 15 is 0 Å². The monoisotopic (exact) mass is 436 g/mol. The summed E-state index contributed by atoms with van der Waals surface area (Å²) in [5.41, 5.74) is 0.197. The van der Waals surface area contributed by atoms with Crippen LogP contribution in [0.3, 0.4) is 0 Å². The number of methoxy groups -OCH3 is 1. The molecule has 1 aromatic heterocycles. The SMILES string of the molecule is COc1ccc(Cl)cc1NC(=O)Cn1ncc2c(c1=O)N(CC(C)C)C(=O)CS2. The third-order valence-corrected chi connectivity index (χ3v) is 5.42. The van der Waals surface area contributed by atoms with E-state index in [4.69, 9.17) is 16.3 Å². The lowest BCUT2D eigenvalue weighted by Crippen LogP contribution is -2.44. The third-order valence-electron chi connectivity index (χ3n) is 4.18. The van der Waals surface area contributed by atoms with Gasteiger partial charge < -0.3 is 15.0 Å². The number of anilines is 2. The van der Waals surface area contributed by atoms with E-state index in [1.54, 1.807) is 18.2 Å². The first-order chi connectivity index (χ1) is 13.8. The molecular formula is C19H21ClN4O4S. The van der Waals surface area contributed by atoms with Gasteiger partial charge in [-0.25, -0.2) is 4.68 Å². The average molecular weight is 437 g/mol. The molecule has 1 aliphatic heterocycles. The minimum Gasteiger partial charge on any atom is -0.495 e. The second-order valence-electron chi connectivity index (χ2n) is 6.90. The van der Waals surface area contributed by atoms with Crippen molar-refractivity contribution in [3.8, 4) is 5.75 Å². The molecule has 0 spiro atoms. The predicted molar refractivity (Wildman–Crippen MR) is 113 cm³/mol. The molecule has 0 atom stereocenters. The summed E-state index contributed by atoms with van der Waals surface area (Å²) < 4.78 is 6.26. The van der Waals surface area contributed by atoms with Crippen LogP contribution in [0.25, 0.3) is 0 Å². The number of nitrogens with one attached hydrogen (secondary N) is 1. The fourth-order valence-corrected chi connectivity index (χ4v) is 4.00. The van der Waals surface area contributed by atoms with Crippen molar-refractivity contribution >= 4 is 46.6 Å². The topological polar surface area (TPSA) is 93.5 Å². The molecule has 0 unspecified atom stereocenters. The van der Waals surface area contributed by atoms with Gasteiger partial charge in [-0.1, -0.05) is 25.4 Å². The highest BCUT2D eigenvalue weighted by atomic mass is 35.5. The Labute approximate surface area is 177 Å². The van der Waals surface area contributed by atoms with Gasteiger partial charge in [0.15, 0.2) is 0 Å². The maximum Gasteiger partial charge on any atom is 0.292 e. The molecule has 8 nitrogen and oxygen atoms in total. The molecule has 1 N–H and O–H groups in total. The summed E-state index contributed by atoms with van der Waals surface area (Å²) in [6.45, 7) is 4.06. The minimum atomic E-state index is -0.475. The molecule has 0 radical (unpaired) electrons. The summed E-state index contributed by atoms with van der Waals surface area (Å²) in [5, 5.41) is 7.21. The highest BCUT2D eigenvalue weighted by Crippen LogP contribution is 2.32. The van der Waals surface area contributed by atoms with E-state index in [-0.39, 0.29) is 29.8 Å². The Morgan fingerprint density at radius 1 is 1.38 bits per heavy atom.